The van der Waals surface area contributed by atoms with E-state index < -0.39 is 6.10 Å². The summed E-state index contributed by atoms with van der Waals surface area (Å²) in [7, 11) is 0. The van der Waals surface area contributed by atoms with Gasteiger partial charge in [0.15, 0.2) is 0 Å². The van der Waals surface area contributed by atoms with Gasteiger partial charge in [-0.05, 0) is 12.8 Å². The highest BCUT2D eigenvalue weighted by molar-refractivity contribution is 8.03. The number of aromatic nitrogens is 2. The fourth-order valence-electron chi connectivity index (χ4n) is 2.16. The summed E-state index contributed by atoms with van der Waals surface area (Å²) in [5, 5.41) is 10.1. The summed E-state index contributed by atoms with van der Waals surface area (Å²) in [6.07, 6.45) is 5.45. The van der Waals surface area contributed by atoms with Gasteiger partial charge < -0.3 is 9.67 Å². The molecule has 0 amide bonds. The standard InChI is InChI=1S/C10H12N2OS/c13-8-9-7(2-6-14-9)1-4-12-5-3-11-10(8)12/h3,5,8,13H,1-2,4,6H2. The van der Waals surface area contributed by atoms with Crippen LogP contribution in [0.3, 0.4) is 0 Å². The van der Waals surface area contributed by atoms with Crippen LogP contribution >= 0.6 is 11.8 Å². The maximum atomic E-state index is 10.1. The van der Waals surface area contributed by atoms with Gasteiger partial charge >= 0.3 is 0 Å². The summed E-state index contributed by atoms with van der Waals surface area (Å²) in [6, 6.07) is 0. The van der Waals surface area contributed by atoms with E-state index in [0.717, 1.165) is 35.9 Å². The van der Waals surface area contributed by atoms with Crippen LogP contribution in [0.5, 0.6) is 0 Å². The molecule has 1 aromatic heterocycles. The number of hydrogen-bond acceptors (Lipinski definition) is 3. The van der Waals surface area contributed by atoms with Crippen molar-refractivity contribution in [2.45, 2.75) is 25.5 Å². The van der Waals surface area contributed by atoms with Crippen molar-refractivity contribution in [1.29, 1.82) is 0 Å². The Morgan fingerprint density at radius 1 is 1.50 bits per heavy atom. The van der Waals surface area contributed by atoms with Gasteiger partial charge in [-0.1, -0.05) is 5.57 Å². The Kier molecular flexibility index (Phi) is 1.92. The van der Waals surface area contributed by atoms with Crippen LogP contribution in [0.1, 0.15) is 24.8 Å². The summed E-state index contributed by atoms with van der Waals surface area (Å²) in [5.41, 5.74) is 1.44. The predicted octanol–water partition coefficient (Wildman–Crippen LogP) is 1.71. The van der Waals surface area contributed by atoms with E-state index in [2.05, 4.69) is 9.55 Å². The number of nitrogens with zero attached hydrogens (tertiary/aromatic N) is 2. The molecule has 14 heavy (non-hydrogen) atoms. The van der Waals surface area contributed by atoms with Crippen molar-refractivity contribution in [2.75, 3.05) is 5.75 Å². The molecule has 1 atom stereocenters. The number of imidazole rings is 1. The number of rotatable bonds is 0. The minimum Gasteiger partial charge on any atom is -0.380 e. The summed E-state index contributed by atoms with van der Waals surface area (Å²) >= 11 is 1.79. The zero-order chi connectivity index (χ0) is 9.54. The van der Waals surface area contributed by atoms with Crippen molar-refractivity contribution in [2.24, 2.45) is 0 Å². The Labute approximate surface area is 86.8 Å². The molecule has 0 bridgehead atoms. The van der Waals surface area contributed by atoms with E-state index in [4.69, 9.17) is 0 Å². The zero-order valence-electron chi connectivity index (χ0n) is 7.81. The molecule has 0 fully saturated rings. The first-order chi connectivity index (χ1) is 6.86. The number of aliphatic hydroxyl groups is 1. The second-order valence-corrected chi connectivity index (χ2v) is 4.83. The smallest absolute Gasteiger partial charge is 0.142 e. The van der Waals surface area contributed by atoms with Gasteiger partial charge in [0.2, 0.25) is 0 Å². The lowest BCUT2D eigenvalue weighted by molar-refractivity contribution is 0.211. The van der Waals surface area contributed by atoms with Gasteiger partial charge in [0.05, 0.1) is 0 Å². The van der Waals surface area contributed by atoms with Gasteiger partial charge in [0.1, 0.15) is 11.9 Å². The minimum absolute atomic E-state index is 0.477. The van der Waals surface area contributed by atoms with Crippen molar-refractivity contribution in [3.8, 4) is 0 Å². The van der Waals surface area contributed by atoms with Crippen LogP contribution in [0, 0.1) is 0 Å². The van der Waals surface area contributed by atoms with Gasteiger partial charge in [-0.3, -0.25) is 0 Å². The van der Waals surface area contributed by atoms with Crippen LogP contribution in [0.25, 0.3) is 0 Å². The molecule has 3 rings (SSSR count). The Balaban J connectivity index is 2.07. The highest BCUT2D eigenvalue weighted by atomic mass is 32.2. The Bertz CT molecular complexity index is 397. The lowest BCUT2D eigenvalue weighted by Crippen LogP contribution is -2.06. The molecule has 0 aliphatic carbocycles. The Morgan fingerprint density at radius 3 is 3.36 bits per heavy atom. The molecular weight excluding hydrogens is 196 g/mol. The third kappa shape index (κ3) is 1.14. The number of aryl methyl sites for hydroxylation is 1. The van der Waals surface area contributed by atoms with Gasteiger partial charge in [0.25, 0.3) is 0 Å². The highest BCUT2D eigenvalue weighted by Crippen LogP contribution is 2.42. The summed E-state index contributed by atoms with van der Waals surface area (Å²) in [5.74, 6) is 1.94. The average molecular weight is 208 g/mol. The van der Waals surface area contributed by atoms with E-state index in [9.17, 15) is 5.11 Å². The van der Waals surface area contributed by atoms with E-state index in [1.54, 1.807) is 18.0 Å². The van der Waals surface area contributed by atoms with E-state index in [0.29, 0.717) is 0 Å². The lowest BCUT2D eigenvalue weighted by Gasteiger charge is -2.10. The van der Waals surface area contributed by atoms with Gasteiger partial charge in [-0.25, -0.2) is 4.98 Å². The maximum absolute atomic E-state index is 10.1. The largest absolute Gasteiger partial charge is 0.380 e. The number of hydrogen-bond donors (Lipinski definition) is 1. The fraction of sp³-hybridized carbons (Fsp3) is 0.500. The van der Waals surface area contributed by atoms with Crippen LogP contribution in [0.2, 0.25) is 0 Å². The topological polar surface area (TPSA) is 38.0 Å². The maximum Gasteiger partial charge on any atom is 0.142 e. The molecule has 1 aromatic rings. The zero-order valence-corrected chi connectivity index (χ0v) is 8.63. The first kappa shape index (κ1) is 8.56. The average Bonchev–Trinajstić information content (AvgIpc) is 2.81. The van der Waals surface area contributed by atoms with E-state index in [1.807, 2.05) is 6.20 Å². The number of thioether (sulfide) groups is 1. The fourth-order valence-corrected chi connectivity index (χ4v) is 3.40. The number of allylic oxidation sites excluding steroid dienone is 1. The van der Waals surface area contributed by atoms with Gasteiger partial charge in [-0.15, -0.1) is 11.8 Å². The molecule has 3 nitrogen and oxygen atoms in total. The molecule has 3 heterocycles. The third-order valence-electron chi connectivity index (χ3n) is 2.90. The van der Waals surface area contributed by atoms with Crippen LogP contribution in [0.4, 0.5) is 0 Å². The summed E-state index contributed by atoms with van der Waals surface area (Å²) in [6.45, 7) is 0.964. The van der Waals surface area contributed by atoms with E-state index >= 15 is 0 Å². The molecule has 1 N–H and O–H groups in total. The van der Waals surface area contributed by atoms with E-state index in [1.165, 1.54) is 5.57 Å². The molecular formula is C10H12N2OS. The first-order valence-corrected chi connectivity index (χ1v) is 5.88. The summed E-state index contributed by atoms with van der Waals surface area (Å²) in [4.78, 5) is 5.39. The monoisotopic (exact) mass is 208 g/mol. The molecule has 0 saturated carbocycles. The SMILES string of the molecule is OC1C2=C(CCS2)CCn2ccnc21. The number of aliphatic hydroxyl groups excluding tert-OH is 1. The van der Waals surface area contributed by atoms with Crippen molar-refractivity contribution < 1.29 is 5.11 Å². The lowest BCUT2D eigenvalue weighted by atomic mass is 10.1. The van der Waals surface area contributed by atoms with Crippen molar-refractivity contribution in [3.63, 3.8) is 0 Å². The molecule has 2 aliphatic heterocycles. The predicted molar refractivity (Wildman–Crippen MR) is 55.9 cm³/mol. The molecule has 0 radical (unpaired) electrons. The highest BCUT2D eigenvalue weighted by Gasteiger charge is 2.28. The van der Waals surface area contributed by atoms with E-state index in [-0.39, 0.29) is 0 Å². The first-order valence-electron chi connectivity index (χ1n) is 4.90. The summed E-state index contributed by atoms with van der Waals surface area (Å²) < 4.78 is 2.06. The van der Waals surface area contributed by atoms with Crippen molar-refractivity contribution >= 4 is 11.8 Å². The van der Waals surface area contributed by atoms with Crippen molar-refractivity contribution in [1.82, 2.24) is 9.55 Å². The molecule has 1 unspecified atom stereocenters. The second-order valence-electron chi connectivity index (χ2n) is 3.70. The van der Waals surface area contributed by atoms with Crippen LogP contribution in [-0.2, 0) is 6.54 Å². The quantitative estimate of drug-likeness (QED) is 0.705. The molecule has 0 aromatic carbocycles. The molecule has 2 aliphatic rings. The molecule has 74 valence electrons. The Morgan fingerprint density at radius 2 is 2.43 bits per heavy atom. The number of fused-ring (bicyclic) bond motifs is 1. The third-order valence-corrected chi connectivity index (χ3v) is 4.14. The molecule has 0 saturated heterocycles. The van der Waals surface area contributed by atoms with Crippen LogP contribution in [-0.4, -0.2) is 20.4 Å². The van der Waals surface area contributed by atoms with Crippen molar-refractivity contribution in [3.05, 3.63) is 28.7 Å². The van der Waals surface area contributed by atoms with Crippen LogP contribution in [0.15, 0.2) is 22.9 Å². The molecule has 4 heteroatoms. The Hall–Kier alpha value is -0.740. The van der Waals surface area contributed by atoms with Gasteiger partial charge in [0, 0.05) is 29.6 Å². The van der Waals surface area contributed by atoms with Gasteiger partial charge in [-0.2, -0.15) is 0 Å². The normalized spacial score (nSPS) is 25.9. The second kappa shape index (κ2) is 3.14. The molecule has 0 spiro atoms. The minimum atomic E-state index is -0.477. The van der Waals surface area contributed by atoms with Crippen LogP contribution < -0.4 is 0 Å².